The van der Waals surface area contributed by atoms with Crippen LogP contribution in [0.4, 0.5) is 20.3 Å². The number of ether oxygens (including phenoxy) is 4. The van der Waals surface area contributed by atoms with Crippen LogP contribution in [0.3, 0.4) is 0 Å². The Kier molecular flexibility index (Phi) is 16.2. The average Bonchev–Trinajstić information content (AvgIpc) is 4.12. The number of nitrogens with one attached hydrogen (secondary N) is 1. The quantitative estimate of drug-likeness (QED) is 0.0903. The van der Waals surface area contributed by atoms with Gasteiger partial charge in [0.05, 0.1) is 47.0 Å². The highest BCUT2D eigenvalue weighted by Gasteiger charge is 2.45. The number of aromatic nitrogens is 3. The van der Waals surface area contributed by atoms with Crippen LogP contribution in [-0.2, 0) is 41.6 Å². The van der Waals surface area contributed by atoms with Gasteiger partial charge in [-0.05, 0) is 137 Å². The number of terminal acetylenes is 1. The highest BCUT2D eigenvalue weighted by molar-refractivity contribution is 6.06. The number of methoxy groups -OCH3 is 1. The lowest BCUT2D eigenvalue weighted by molar-refractivity contribution is -0.137. The van der Waals surface area contributed by atoms with Gasteiger partial charge in [0, 0.05) is 88.7 Å². The van der Waals surface area contributed by atoms with Crippen molar-refractivity contribution in [1.82, 2.24) is 35.0 Å². The second-order valence-corrected chi connectivity index (χ2v) is 22.3. The zero-order valence-corrected chi connectivity index (χ0v) is 45.5. The maximum Gasteiger partial charge on any atom is 0.319 e. The van der Waals surface area contributed by atoms with Crippen molar-refractivity contribution in [3.63, 3.8) is 0 Å². The third-order valence-electron chi connectivity index (χ3n) is 17.3. The molecule has 0 spiro atoms. The van der Waals surface area contributed by atoms with Gasteiger partial charge < -0.3 is 43.7 Å². The van der Waals surface area contributed by atoms with E-state index in [0.29, 0.717) is 79.0 Å². The second kappa shape index (κ2) is 23.6. The molecule has 10 heterocycles. The standard InChI is InChI=1S/C34H33F2N5O3.C24H30N4O5.C2H6O/c1-2-23-25(35)8-6-20-16-22(42)17-24(27(20)23)30-29(36)31-28-26(37-30)9-7-21-18-43-15-5-14-41(21)32(28)39-33(38-31)44-19-34-10-3-12-40(34)13-4-11-34;29-15-26-9-5-18(6-10-26)33-19-7-11-27(12-8-19)17-1-2-20-16(13-17)14-28(24(20)32)21-3-4-22(30)25-23(21)31;1-3-2/h1,6,8,16-17,21,42H,3-5,7,9-15,18-19H2;1-2,13,15,18-19,21H,3-12,14H2,(H,25,30,31);1-2H3. The fourth-order valence-corrected chi connectivity index (χ4v) is 13.3. The number of aromatic hydroxyl groups is 1. The normalized spacial score (nSPS) is 22.1. The van der Waals surface area contributed by atoms with Crippen molar-refractivity contribution in [1.29, 1.82) is 0 Å². The van der Waals surface area contributed by atoms with Gasteiger partial charge in [0.2, 0.25) is 18.2 Å². The topological polar surface area (TPSA) is 192 Å². The Morgan fingerprint density at radius 2 is 1.60 bits per heavy atom. The molecule has 8 aliphatic heterocycles. The van der Waals surface area contributed by atoms with Crippen LogP contribution in [0.2, 0.25) is 0 Å². The van der Waals surface area contributed by atoms with Crippen molar-refractivity contribution in [2.45, 2.75) is 120 Å². The van der Waals surface area contributed by atoms with Crippen LogP contribution in [-0.4, -0.2) is 169 Å². The van der Waals surface area contributed by atoms with Crippen molar-refractivity contribution >= 4 is 57.3 Å². The van der Waals surface area contributed by atoms with Gasteiger partial charge >= 0.3 is 6.01 Å². The molecule has 13 rings (SSSR count). The maximum absolute atomic E-state index is 17.0. The Hall–Kier alpha value is -7.05. The lowest BCUT2D eigenvalue weighted by Gasteiger charge is -2.37. The molecule has 2 N–H and O–H groups in total. The molecule has 20 heteroatoms. The van der Waals surface area contributed by atoms with Crippen LogP contribution in [0.1, 0.15) is 104 Å². The summed E-state index contributed by atoms with van der Waals surface area (Å²) in [6.45, 7) is 8.19. The molecule has 6 saturated heterocycles. The number of nitrogens with zero attached hydrogens (tertiary/aromatic N) is 8. The first kappa shape index (κ1) is 54.9. The summed E-state index contributed by atoms with van der Waals surface area (Å²) in [5.41, 5.74) is 3.51. The third kappa shape index (κ3) is 10.8. The molecule has 0 aliphatic carbocycles. The van der Waals surface area contributed by atoms with Crippen LogP contribution in [0.5, 0.6) is 11.8 Å². The summed E-state index contributed by atoms with van der Waals surface area (Å²) in [5, 5.41) is 14.3. The third-order valence-corrected chi connectivity index (χ3v) is 17.3. The number of benzene rings is 3. The molecule has 2 atom stereocenters. The molecule has 0 saturated carbocycles. The van der Waals surface area contributed by atoms with Crippen molar-refractivity contribution in [2.24, 2.45) is 0 Å². The van der Waals surface area contributed by atoms with Gasteiger partial charge in [-0.2, -0.15) is 9.97 Å². The summed E-state index contributed by atoms with van der Waals surface area (Å²) in [4.78, 5) is 72.4. The number of carbonyl (C=O) groups is 4. The van der Waals surface area contributed by atoms with E-state index in [1.165, 1.54) is 24.3 Å². The van der Waals surface area contributed by atoms with E-state index in [0.717, 1.165) is 121 Å². The molecule has 2 unspecified atom stereocenters. The first-order chi connectivity index (χ1) is 38.9. The zero-order chi connectivity index (χ0) is 55.7. The molecule has 0 bridgehead atoms. The van der Waals surface area contributed by atoms with Crippen molar-refractivity contribution < 1.29 is 52.0 Å². The predicted molar refractivity (Wildman–Crippen MR) is 295 cm³/mol. The molecular weight excluding hydrogens is 1030 g/mol. The summed E-state index contributed by atoms with van der Waals surface area (Å²) < 4.78 is 54.7. The van der Waals surface area contributed by atoms with Crippen LogP contribution >= 0.6 is 0 Å². The van der Waals surface area contributed by atoms with E-state index in [2.05, 4.69) is 36.7 Å². The number of piperidine rings is 3. The van der Waals surface area contributed by atoms with Gasteiger partial charge in [-0.15, -0.1) is 6.42 Å². The maximum atomic E-state index is 17.0. The van der Waals surface area contributed by atoms with Crippen LogP contribution < -0.4 is 19.9 Å². The summed E-state index contributed by atoms with van der Waals surface area (Å²) in [5.74, 6) is 0.818. The Labute approximate surface area is 464 Å². The van der Waals surface area contributed by atoms with Crippen molar-refractivity contribution in [3.05, 3.63) is 76.5 Å². The van der Waals surface area contributed by atoms with Gasteiger partial charge in [-0.3, -0.25) is 29.4 Å². The molecule has 5 aromatic rings. The Balaban J connectivity index is 0.000000167. The molecule has 3 aromatic carbocycles. The summed E-state index contributed by atoms with van der Waals surface area (Å²) in [6, 6.07) is 11.1. The summed E-state index contributed by atoms with van der Waals surface area (Å²) in [7, 11) is 3.25. The molecule has 422 valence electrons. The Morgan fingerprint density at radius 3 is 2.33 bits per heavy atom. The number of rotatable bonds is 9. The van der Waals surface area contributed by atoms with E-state index in [4.69, 9.17) is 35.6 Å². The van der Waals surface area contributed by atoms with Gasteiger partial charge in [-0.1, -0.05) is 12.0 Å². The van der Waals surface area contributed by atoms with Crippen molar-refractivity contribution in [2.75, 3.05) is 89.7 Å². The lowest BCUT2D eigenvalue weighted by Crippen LogP contribution is -2.52. The van der Waals surface area contributed by atoms with E-state index in [9.17, 15) is 28.7 Å². The smallest absolute Gasteiger partial charge is 0.319 e. The first-order valence-electron chi connectivity index (χ1n) is 28.2. The minimum Gasteiger partial charge on any atom is -0.508 e. The Morgan fingerprint density at radius 1 is 0.850 bits per heavy atom. The number of fused-ring (bicyclic) bond motifs is 5. The minimum atomic E-state index is -0.692. The lowest BCUT2D eigenvalue weighted by atomic mass is 9.95. The van der Waals surface area contributed by atoms with Crippen molar-refractivity contribution in [3.8, 4) is 35.4 Å². The number of halogens is 2. The number of anilines is 2. The van der Waals surface area contributed by atoms with Gasteiger partial charge in [0.15, 0.2) is 5.82 Å². The molecule has 0 radical (unpaired) electrons. The number of aryl methyl sites for hydroxylation is 1. The van der Waals surface area contributed by atoms with Crippen LogP contribution in [0.25, 0.3) is 32.9 Å². The average molecular weight is 1100 g/mol. The number of hydrogen-bond acceptors (Lipinski definition) is 15. The van der Waals surface area contributed by atoms with E-state index in [-0.39, 0.29) is 82.0 Å². The van der Waals surface area contributed by atoms with Gasteiger partial charge in [0.1, 0.15) is 41.2 Å². The predicted octanol–water partition coefficient (Wildman–Crippen LogP) is 6.68. The number of likely N-dealkylation sites (tertiary alicyclic amines) is 1. The Bertz CT molecular complexity index is 3220. The summed E-state index contributed by atoms with van der Waals surface area (Å²) >= 11 is 0. The number of phenols is 1. The highest BCUT2D eigenvalue weighted by Crippen LogP contribution is 2.44. The fourth-order valence-electron chi connectivity index (χ4n) is 13.3. The second-order valence-electron chi connectivity index (χ2n) is 22.3. The molecule has 18 nitrogen and oxygen atoms in total. The molecule has 8 aliphatic rings. The van der Waals surface area contributed by atoms with E-state index >= 15 is 4.39 Å². The number of phenolic OH excluding ortho intramolecular Hbond substituents is 1. The van der Waals surface area contributed by atoms with Gasteiger partial charge in [0.25, 0.3) is 5.91 Å². The zero-order valence-electron chi connectivity index (χ0n) is 45.5. The number of amides is 4. The summed E-state index contributed by atoms with van der Waals surface area (Å²) in [6.07, 6.45) is 17.9. The van der Waals surface area contributed by atoms with E-state index in [1.807, 2.05) is 17.0 Å². The monoisotopic (exact) mass is 1100 g/mol. The molecule has 4 amide bonds. The van der Waals surface area contributed by atoms with E-state index in [1.54, 1.807) is 19.1 Å². The number of hydrogen-bond donors (Lipinski definition) is 2. The number of pyridine rings is 1. The molecule has 6 fully saturated rings. The van der Waals surface area contributed by atoms with E-state index < -0.39 is 17.7 Å². The highest BCUT2D eigenvalue weighted by atomic mass is 19.1. The van der Waals surface area contributed by atoms with Crippen LogP contribution in [0, 0.1) is 24.0 Å². The number of imide groups is 1. The van der Waals surface area contributed by atoms with Gasteiger partial charge in [-0.25, -0.2) is 13.8 Å². The molecular formula is C60H69F2N9O9. The number of carbonyl (C=O) groups excluding carboxylic acids is 4. The molecule has 2 aromatic heterocycles. The SMILES string of the molecule is C#Cc1c(F)ccc2cc(O)cc(-c3nc4c5c(nc(OCC67CCCN6CCC7)nc5c3F)N3CCCOCC3CC4)c12.COC.O=CN1CCC(OC2CCN(c3ccc4c(c3)CN(C3CCC(=O)NC3=O)C4=O)CC2)CC1. The molecule has 80 heavy (non-hydrogen) atoms. The van der Waals surface area contributed by atoms with Crippen LogP contribution in [0.15, 0.2) is 42.5 Å². The minimum absolute atomic E-state index is 0.0143. The fraction of sp³-hybridized carbons (Fsp3) is 0.517. The largest absolute Gasteiger partial charge is 0.508 e. The first-order valence-corrected chi connectivity index (χ1v) is 28.2.